The quantitative estimate of drug-likeness (QED) is 0.704. The van der Waals surface area contributed by atoms with E-state index in [1.807, 2.05) is 42.5 Å². The van der Waals surface area contributed by atoms with Gasteiger partial charge in [0.05, 0.1) is 0 Å². The minimum Gasteiger partial charge on any atom is -0.326 e. The number of rotatable bonds is 1. The topological polar surface area (TPSA) is 43.1 Å². The van der Waals surface area contributed by atoms with Crippen LogP contribution in [0.4, 0.5) is 0 Å². The van der Waals surface area contributed by atoms with E-state index in [9.17, 15) is 4.79 Å². The number of benzene rings is 2. The summed E-state index contributed by atoms with van der Waals surface area (Å²) in [6, 6.07) is 13.3. The minimum absolute atomic E-state index is 0.0586. The highest BCUT2D eigenvalue weighted by atomic mass is 16.1. The molecule has 0 aromatic heterocycles. The first kappa shape index (κ1) is 10.9. The van der Waals surface area contributed by atoms with Crippen molar-refractivity contribution in [3.8, 4) is 0 Å². The second-order valence-electron chi connectivity index (χ2n) is 4.40. The molecule has 0 unspecified atom stereocenters. The predicted octanol–water partition coefficient (Wildman–Crippen LogP) is 2.75. The number of hydrogen-bond acceptors (Lipinski definition) is 2. The Morgan fingerprint density at radius 2 is 1.61 bits per heavy atom. The molecule has 0 spiro atoms. The van der Waals surface area contributed by atoms with E-state index in [2.05, 4.69) is 6.58 Å². The fourth-order valence-electron chi connectivity index (χ4n) is 2.54. The van der Waals surface area contributed by atoms with E-state index in [4.69, 9.17) is 5.73 Å². The molecule has 2 nitrogen and oxygen atoms in total. The maximum atomic E-state index is 12.4. The van der Waals surface area contributed by atoms with Crippen molar-refractivity contribution in [1.82, 2.24) is 0 Å². The monoisotopic (exact) mass is 235 g/mol. The summed E-state index contributed by atoms with van der Waals surface area (Å²) in [5.41, 5.74) is 10.9. The van der Waals surface area contributed by atoms with E-state index < -0.39 is 0 Å². The first-order chi connectivity index (χ1) is 8.74. The third-order valence-electron chi connectivity index (χ3n) is 3.41. The maximum absolute atomic E-state index is 12.4. The maximum Gasteiger partial charge on any atom is 0.194 e. The van der Waals surface area contributed by atoms with Crippen LogP contribution in [-0.4, -0.2) is 5.78 Å². The van der Waals surface area contributed by atoms with Crippen LogP contribution in [0.25, 0.3) is 5.57 Å². The van der Waals surface area contributed by atoms with Crippen LogP contribution < -0.4 is 5.73 Å². The second kappa shape index (κ2) is 3.93. The second-order valence-corrected chi connectivity index (χ2v) is 4.40. The Hall–Kier alpha value is -2.19. The summed E-state index contributed by atoms with van der Waals surface area (Å²) in [5, 5.41) is 0. The highest BCUT2D eigenvalue weighted by Crippen LogP contribution is 2.36. The van der Waals surface area contributed by atoms with Crippen molar-refractivity contribution in [2.45, 2.75) is 6.54 Å². The van der Waals surface area contributed by atoms with Gasteiger partial charge in [0.15, 0.2) is 5.78 Å². The molecule has 0 heterocycles. The Bertz CT molecular complexity index is 671. The molecule has 1 aliphatic carbocycles. The summed E-state index contributed by atoms with van der Waals surface area (Å²) < 4.78 is 0. The molecule has 1 aliphatic rings. The molecule has 2 aromatic carbocycles. The van der Waals surface area contributed by atoms with Crippen LogP contribution in [0.1, 0.15) is 32.6 Å². The third kappa shape index (κ3) is 1.36. The highest BCUT2D eigenvalue weighted by molar-refractivity contribution is 6.18. The number of ketones is 1. The van der Waals surface area contributed by atoms with Crippen LogP contribution in [0.5, 0.6) is 0 Å². The van der Waals surface area contributed by atoms with Gasteiger partial charge in [-0.1, -0.05) is 49.0 Å². The summed E-state index contributed by atoms with van der Waals surface area (Å²) in [5.74, 6) is 0.0586. The van der Waals surface area contributed by atoms with Gasteiger partial charge < -0.3 is 5.73 Å². The Kier molecular flexibility index (Phi) is 2.39. The van der Waals surface area contributed by atoms with E-state index in [1.165, 1.54) is 0 Å². The fraction of sp³-hybridized carbons (Fsp3) is 0.0625. The van der Waals surface area contributed by atoms with Gasteiger partial charge in [-0.2, -0.15) is 0 Å². The minimum atomic E-state index is 0.0586. The van der Waals surface area contributed by atoms with Crippen molar-refractivity contribution in [2.24, 2.45) is 5.73 Å². The van der Waals surface area contributed by atoms with Gasteiger partial charge >= 0.3 is 0 Å². The van der Waals surface area contributed by atoms with E-state index in [-0.39, 0.29) is 5.78 Å². The van der Waals surface area contributed by atoms with Crippen molar-refractivity contribution in [1.29, 1.82) is 0 Å². The van der Waals surface area contributed by atoms with Crippen LogP contribution >= 0.6 is 0 Å². The van der Waals surface area contributed by atoms with Crippen molar-refractivity contribution >= 4 is 11.4 Å². The molecule has 2 aromatic rings. The summed E-state index contributed by atoms with van der Waals surface area (Å²) in [4.78, 5) is 12.4. The van der Waals surface area contributed by atoms with E-state index in [1.54, 1.807) is 0 Å². The molecule has 0 saturated heterocycles. The molecule has 2 N–H and O–H groups in total. The molecule has 0 bridgehead atoms. The average Bonchev–Trinajstić information content (AvgIpc) is 2.44. The van der Waals surface area contributed by atoms with Crippen molar-refractivity contribution in [3.05, 3.63) is 76.9 Å². The van der Waals surface area contributed by atoms with Crippen molar-refractivity contribution < 1.29 is 4.79 Å². The van der Waals surface area contributed by atoms with Gasteiger partial charge in [0.2, 0.25) is 0 Å². The molecule has 18 heavy (non-hydrogen) atoms. The zero-order valence-corrected chi connectivity index (χ0v) is 9.94. The molecular weight excluding hydrogens is 222 g/mol. The van der Waals surface area contributed by atoms with Crippen molar-refractivity contribution in [3.63, 3.8) is 0 Å². The Labute approximate surface area is 106 Å². The predicted molar refractivity (Wildman–Crippen MR) is 72.3 cm³/mol. The molecule has 88 valence electrons. The summed E-state index contributed by atoms with van der Waals surface area (Å²) in [7, 11) is 0. The molecule has 0 saturated carbocycles. The molecule has 3 rings (SSSR count). The van der Waals surface area contributed by atoms with E-state index in [0.29, 0.717) is 12.1 Å². The van der Waals surface area contributed by atoms with E-state index >= 15 is 0 Å². The normalized spacial score (nSPS) is 13.2. The molecule has 0 radical (unpaired) electrons. The van der Waals surface area contributed by atoms with Crippen LogP contribution in [0.15, 0.2) is 49.0 Å². The smallest absolute Gasteiger partial charge is 0.194 e. The number of carbonyl (C=O) groups excluding carboxylic acids is 1. The average molecular weight is 235 g/mol. The number of hydrogen-bond donors (Lipinski definition) is 1. The van der Waals surface area contributed by atoms with Gasteiger partial charge in [0, 0.05) is 17.7 Å². The molecule has 0 atom stereocenters. The standard InChI is InChI=1S/C16H13NO/c1-10-12-6-2-3-7-13(12)16(18)14-8-4-5-11(9-17)15(10)14/h2-8H,1,9,17H2. The lowest BCUT2D eigenvalue weighted by atomic mass is 9.80. The van der Waals surface area contributed by atoms with E-state index in [0.717, 1.165) is 27.8 Å². The van der Waals surface area contributed by atoms with Crippen LogP contribution in [0.3, 0.4) is 0 Å². The van der Waals surface area contributed by atoms with Gasteiger partial charge in [-0.25, -0.2) is 0 Å². The summed E-state index contributed by atoms with van der Waals surface area (Å²) in [6.45, 7) is 4.55. The molecule has 0 fully saturated rings. The first-order valence-electron chi connectivity index (χ1n) is 5.89. The van der Waals surface area contributed by atoms with Crippen LogP contribution in [0, 0.1) is 0 Å². The Morgan fingerprint density at radius 1 is 0.944 bits per heavy atom. The van der Waals surface area contributed by atoms with Crippen LogP contribution in [-0.2, 0) is 6.54 Å². The number of carbonyl (C=O) groups is 1. The van der Waals surface area contributed by atoms with Crippen molar-refractivity contribution in [2.75, 3.05) is 0 Å². The molecule has 0 amide bonds. The van der Waals surface area contributed by atoms with Gasteiger partial charge in [-0.3, -0.25) is 4.79 Å². The molecular formula is C16H13NO. The molecule has 2 heteroatoms. The largest absolute Gasteiger partial charge is 0.326 e. The molecule has 0 aliphatic heterocycles. The third-order valence-corrected chi connectivity index (χ3v) is 3.41. The zero-order valence-electron chi connectivity index (χ0n) is 9.94. The number of nitrogens with two attached hydrogens (primary N) is 1. The Balaban J connectivity index is 2.34. The van der Waals surface area contributed by atoms with Gasteiger partial charge in [0.25, 0.3) is 0 Å². The fourth-order valence-corrected chi connectivity index (χ4v) is 2.54. The summed E-state index contributed by atoms with van der Waals surface area (Å²) >= 11 is 0. The Morgan fingerprint density at radius 3 is 2.33 bits per heavy atom. The SMILES string of the molecule is C=C1c2ccccc2C(=O)c2cccc(CN)c21. The summed E-state index contributed by atoms with van der Waals surface area (Å²) in [6.07, 6.45) is 0. The first-order valence-corrected chi connectivity index (χ1v) is 5.89. The number of fused-ring (bicyclic) bond motifs is 2. The van der Waals surface area contributed by atoms with Gasteiger partial charge in [-0.15, -0.1) is 0 Å². The zero-order chi connectivity index (χ0) is 12.7. The highest BCUT2D eigenvalue weighted by Gasteiger charge is 2.26. The van der Waals surface area contributed by atoms with Gasteiger partial charge in [-0.05, 0) is 22.3 Å². The van der Waals surface area contributed by atoms with Gasteiger partial charge in [0.1, 0.15) is 0 Å². The lowest BCUT2D eigenvalue weighted by molar-refractivity contribution is 0.103. The van der Waals surface area contributed by atoms with Crippen LogP contribution in [0.2, 0.25) is 0 Å². The lowest BCUT2D eigenvalue weighted by Gasteiger charge is -2.22. The lowest BCUT2D eigenvalue weighted by Crippen LogP contribution is -2.16.